The van der Waals surface area contributed by atoms with E-state index in [-0.39, 0.29) is 16.5 Å². The standard InChI is InChI=1S/GeH2O.H2OSi/c2*1-2/h1H2;2H2. The molecule has 0 unspecified atom stereocenters. The molecule has 0 aromatic heterocycles. The molecule has 0 atom stereocenters. The average molecular weight is 137 g/mol. The van der Waals surface area contributed by atoms with Crippen LogP contribution in [0.25, 0.3) is 0 Å². The first-order chi connectivity index (χ1) is 2.00. The summed E-state index contributed by atoms with van der Waals surface area (Å²) in [6.45, 7) is 0. The van der Waals surface area contributed by atoms with Gasteiger partial charge in [0.15, 0.2) is 0 Å². The van der Waals surface area contributed by atoms with E-state index >= 15 is 0 Å². The van der Waals surface area contributed by atoms with Gasteiger partial charge in [-0.1, -0.05) is 0 Å². The van der Waals surface area contributed by atoms with Crippen molar-refractivity contribution in [3.05, 3.63) is 0 Å². The molecular weight excluding hydrogens is 133 g/mol. The maximum atomic E-state index is 8.38. The molecule has 2 nitrogen and oxygen atoms in total. The minimum absolute atomic E-state index is 0.125. The number of hydrogen-bond donors (Lipinski definition) is 0. The van der Waals surface area contributed by atoms with E-state index in [1.54, 1.807) is 0 Å². The summed E-state index contributed by atoms with van der Waals surface area (Å²) in [7, 11) is 0.611. The van der Waals surface area contributed by atoms with Crippen LogP contribution in [0.3, 0.4) is 0 Å². The van der Waals surface area contributed by atoms with Crippen LogP contribution in [0.4, 0.5) is 0 Å². The maximum absolute atomic E-state index is 8.38. The molecule has 0 radical (unpaired) electrons. The van der Waals surface area contributed by atoms with Gasteiger partial charge < -0.3 is 4.46 Å². The van der Waals surface area contributed by atoms with Gasteiger partial charge in [-0.05, 0) is 0 Å². The van der Waals surface area contributed by atoms with Crippen LogP contribution in [0.2, 0.25) is 0 Å². The van der Waals surface area contributed by atoms with Gasteiger partial charge in [-0.25, -0.2) is 0 Å². The monoisotopic (exact) mass is 138 g/mol. The van der Waals surface area contributed by atoms with Gasteiger partial charge in [0.25, 0.3) is 0 Å². The molecule has 0 amide bonds. The molecule has 0 aliphatic heterocycles. The summed E-state index contributed by atoms with van der Waals surface area (Å²) in [5, 5.41) is 0. The third kappa shape index (κ3) is 33.7. The molecule has 0 aromatic rings. The molecule has 24 valence electrons. The van der Waals surface area contributed by atoms with Crippen LogP contribution < -0.4 is 0 Å². The van der Waals surface area contributed by atoms with Gasteiger partial charge in [-0.15, -0.1) is 0 Å². The molecule has 0 heterocycles. The normalized spacial score (nSPS) is 2.00. The van der Waals surface area contributed by atoms with Crippen LogP contribution in [0.1, 0.15) is 0 Å². The van der Waals surface area contributed by atoms with Crippen molar-refractivity contribution in [1.29, 1.82) is 0 Å². The molecule has 0 fully saturated rings. The Balaban J connectivity index is 0. The van der Waals surface area contributed by atoms with Gasteiger partial charge >= 0.3 is 20.2 Å². The van der Waals surface area contributed by atoms with Gasteiger partial charge in [-0.3, -0.25) is 0 Å². The van der Waals surface area contributed by atoms with Crippen LogP contribution in [-0.4, -0.2) is 26.6 Å². The third-order valence-electron chi connectivity index (χ3n) is 0. The summed E-state index contributed by atoms with van der Waals surface area (Å²) < 4.78 is 16.7. The Kier molecular flexibility index (Phi) is 319. The van der Waals surface area contributed by atoms with Crippen molar-refractivity contribution in [3.8, 4) is 0 Å². The first-order valence-corrected chi connectivity index (χ1v) is 2.37. The van der Waals surface area contributed by atoms with Gasteiger partial charge in [0, 0.05) is 0 Å². The molecule has 4 heteroatoms. The predicted octanol–water partition coefficient (Wildman–Crippen LogP) is -2.07. The molecule has 0 rings (SSSR count). The predicted molar refractivity (Wildman–Crippen MR) is 18.5 cm³/mol. The van der Waals surface area contributed by atoms with E-state index in [1.807, 2.05) is 0 Å². The van der Waals surface area contributed by atoms with Crippen molar-refractivity contribution < 1.29 is 8.24 Å². The fourth-order valence-electron chi connectivity index (χ4n) is 0. The van der Waals surface area contributed by atoms with Crippen molar-refractivity contribution in [2.75, 3.05) is 0 Å². The summed E-state index contributed by atoms with van der Waals surface area (Å²) >= 11 is 0.125. The Hall–Kier alpha value is 0.360. The Morgan fingerprint density at radius 3 is 1.25 bits per heavy atom. The summed E-state index contributed by atoms with van der Waals surface area (Å²) in [6, 6.07) is 0. The topological polar surface area (TPSA) is 34.1 Å². The van der Waals surface area contributed by atoms with E-state index in [2.05, 4.69) is 0 Å². The van der Waals surface area contributed by atoms with Gasteiger partial charge in [0.2, 0.25) is 10.1 Å². The van der Waals surface area contributed by atoms with E-state index in [0.717, 1.165) is 0 Å². The second-order valence-electron chi connectivity index (χ2n) is 0. The summed E-state index contributed by atoms with van der Waals surface area (Å²) in [5.74, 6) is 0. The number of hydrogen-bond acceptors (Lipinski definition) is 2. The molecule has 0 bridgehead atoms. The Morgan fingerprint density at radius 1 is 1.25 bits per heavy atom. The molecule has 0 aliphatic rings. The molecular formula is H4GeO2Si. The Morgan fingerprint density at radius 2 is 1.25 bits per heavy atom. The van der Waals surface area contributed by atoms with Crippen LogP contribution in [0.5, 0.6) is 0 Å². The number of rotatable bonds is 0. The molecule has 0 aromatic carbocycles. The van der Waals surface area contributed by atoms with Crippen molar-refractivity contribution in [2.24, 2.45) is 0 Å². The van der Waals surface area contributed by atoms with E-state index < -0.39 is 0 Å². The molecule has 0 spiro atoms. The quantitative estimate of drug-likeness (QED) is 0.359. The minimum atomic E-state index is 0.125. The van der Waals surface area contributed by atoms with E-state index in [4.69, 9.17) is 8.24 Å². The van der Waals surface area contributed by atoms with Gasteiger partial charge in [0.05, 0.1) is 0 Å². The van der Waals surface area contributed by atoms with E-state index in [9.17, 15) is 0 Å². The van der Waals surface area contributed by atoms with Crippen molar-refractivity contribution in [3.63, 3.8) is 0 Å². The van der Waals surface area contributed by atoms with Crippen LogP contribution in [0, 0.1) is 0 Å². The zero-order valence-electron chi connectivity index (χ0n) is 2.23. The third-order valence-corrected chi connectivity index (χ3v) is 0. The van der Waals surface area contributed by atoms with Gasteiger partial charge in [-0.2, -0.15) is 0 Å². The SMILES string of the molecule is O=[SiH2].[O]=[GeH2]. The van der Waals surface area contributed by atoms with Crippen molar-refractivity contribution in [2.45, 2.75) is 0 Å². The van der Waals surface area contributed by atoms with Crippen LogP contribution in [0.15, 0.2) is 0 Å². The van der Waals surface area contributed by atoms with Crippen molar-refractivity contribution >= 4 is 26.6 Å². The Labute approximate surface area is 35.5 Å². The van der Waals surface area contributed by atoms with E-state index in [1.165, 1.54) is 0 Å². The second kappa shape index (κ2) is 145. The fourth-order valence-corrected chi connectivity index (χ4v) is 0. The first-order valence-electron chi connectivity index (χ1n) is 0.577. The zero-order valence-corrected chi connectivity index (χ0v) is 6.61. The van der Waals surface area contributed by atoms with Crippen LogP contribution in [-0.2, 0) is 8.24 Å². The molecule has 0 N–H and O–H groups in total. The molecule has 0 saturated carbocycles. The fraction of sp³-hybridized carbons (Fsp3) is 0. The van der Waals surface area contributed by atoms with Crippen LogP contribution >= 0.6 is 0 Å². The Bertz CT molecular complexity index is 8.00. The molecule has 0 aliphatic carbocycles. The van der Waals surface area contributed by atoms with Gasteiger partial charge in [0.1, 0.15) is 0 Å². The summed E-state index contributed by atoms with van der Waals surface area (Å²) in [5.41, 5.74) is 0. The molecule has 4 heavy (non-hydrogen) atoms. The first kappa shape index (κ1) is 8.84. The summed E-state index contributed by atoms with van der Waals surface area (Å²) in [4.78, 5) is 0. The second-order valence-corrected chi connectivity index (χ2v) is 0. The van der Waals surface area contributed by atoms with Crippen molar-refractivity contribution in [1.82, 2.24) is 0 Å². The summed E-state index contributed by atoms with van der Waals surface area (Å²) in [6.07, 6.45) is 0. The van der Waals surface area contributed by atoms with E-state index in [0.29, 0.717) is 10.1 Å². The zero-order chi connectivity index (χ0) is 4.00. The molecule has 0 saturated heterocycles. The average Bonchev–Trinajstić information content (AvgIpc) is 1.50.